The molecule has 136 valence electrons. The molecule has 3 nitrogen and oxygen atoms in total. The van der Waals surface area contributed by atoms with Gasteiger partial charge >= 0.3 is 0 Å². The molecule has 4 rings (SSSR count). The second kappa shape index (κ2) is 7.56. The molecule has 1 atom stereocenters. The van der Waals surface area contributed by atoms with Crippen LogP contribution in [0.5, 0.6) is 0 Å². The Balaban J connectivity index is 1.57. The molecule has 0 saturated heterocycles. The minimum absolute atomic E-state index is 0.0930. The van der Waals surface area contributed by atoms with Crippen molar-refractivity contribution < 1.29 is 9.18 Å². The zero-order valence-corrected chi connectivity index (χ0v) is 15.1. The van der Waals surface area contributed by atoms with Crippen LogP contribution in [0.1, 0.15) is 59.7 Å². The van der Waals surface area contributed by atoms with E-state index in [-0.39, 0.29) is 18.2 Å². The Bertz CT molecular complexity index is 804. The van der Waals surface area contributed by atoms with Gasteiger partial charge in [-0.25, -0.2) is 0 Å². The molecule has 0 fully saturated rings. The lowest BCUT2D eigenvalue weighted by Crippen LogP contribution is -2.21. The normalized spacial score (nSPS) is 16.7. The molecule has 1 amide bonds. The number of nitrogens with zero attached hydrogens (tertiary/aromatic N) is 1. The van der Waals surface area contributed by atoms with E-state index in [4.69, 9.17) is 4.98 Å². The van der Waals surface area contributed by atoms with E-state index in [0.29, 0.717) is 0 Å². The number of aryl methyl sites for hydroxylation is 2. The molecule has 2 aliphatic rings. The van der Waals surface area contributed by atoms with E-state index in [1.54, 1.807) is 0 Å². The number of anilines is 1. The van der Waals surface area contributed by atoms with Crippen molar-refractivity contribution in [1.82, 2.24) is 4.98 Å². The molecule has 1 aromatic heterocycles. The molecule has 1 unspecified atom stereocenters. The van der Waals surface area contributed by atoms with Crippen molar-refractivity contribution in [2.24, 2.45) is 0 Å². The number of nitrogens with one attached hydrogen (secondary N) is 1. The summed E-state index contributed by atoms with van der Waals surface area (Å²) < 4.78 is 13.5. The van der Waals surface area contributed by atoms with Gasteiger partial charge in [0, 0.05) is 23.7 Å². The van der Waals surface area contributed by atoms with Crippen LogP contribution in [0, 0.1) is 0 Å². The molecule has 2 aromatic rings. The van der Waals surface area contributed by atoms with E-state index < -0.39 is 6.67 Å². The summed E-state index contributed by atoms with van der Waals surface area (Å²) in [7, 11) is 0. The minimum atomic E-state index is -0.524. The average Bonchev–Trinajstić information content (AvgIpc) is 3.15. The fraction of sp³-hybridized carbons (Fsp3) is 0.455. The molecule has 1 heterocycles. The standard InChI is InChI=1S/C22H25FN2O/c23-14-16(15-7-2-1-3-8-15)13-21(26)25-22-17-9-4-5-11-19(17)24-20-12-6-10-18(20)22/h1-3,7-8,16H,4-6,9-14H2,(H,24,25,26). The van der Waals surface area contributed by atoms with Crippen LogP contribution in [0.3, 0.4) is 0 Å². The van der Waals surface area contributed by atoms with Gasteiger partial charge in [0.1, 0.15) is 0 Å². The zero-order chi connectivity index (χ0) is 17.9. The molecule has 0 radical (unpaired) electrons. The molecule has 0 bridgehead atoms. The molecule has 1 N–H and O–H groups in total. The van der Waals surface area contributed by atoms with Crippen LogP contribution in [0.4, 0.5) is 10.1 Å². The van der Waals surface area contributed by atoms with Crippen LogP contribution in [0.2, 0.25) is 0 Å². The van der Waals surface area contributed by atoms with Crippen molar-refractivity contribution in [2.75, 3.05) is 12.0 Å². The first-order chi connectivity index (χ1) is 12.8. The van der Waals surface area contributed by atoms with Crippen LogP contribution in [0.25, 0.3) is 0 Å². The Labute approximate surface area is 154 Å². The van der Waals surface area contributed by atoms with Crippen LogP contribution in [-0.2, 0) is 30.5 Å². The third-order valence-corrected chi connectivity index (χ3v) is 5.65. The number of pyridine rings is 1. The predicted molar refractivity (Wildman–Crippen MR) is 101 cm³/mol. The molecule has 0 saturated carbocycles. The molecule has 0 spiro atoms. The van der Waals surface area contributed by atoms with Crippen molar-refractivity contribution in [3.8, 4) is 0 Å². The smallest absolute Gasteiger partial charge is 0.225 e. The number of carbonyl (C=O) groups is 1. The van der Waals surface area contributed by atoms with Gasteiger partial charge in [0.2, 0.25) is 5.91 Å². The second-order valence-electron chi connectivity index (χ2n) is 7.41. The summed E-state index contributed by atoms with van der Waals surface area (Å²) in [6.45, 7) is -0.524. The number of carbonyl (C=O) groups excluding carboxylic acids is 1. The second-order valence-corrected chi connectivity index (χ2v) is 7.41. The fourth-order valence-corrected chi connectivity index (χ4v) is 4.30. The monoisotopic (exact) mass is 352 g/mol. The van der Waals surface area contributed by atoms with Gasteiger partial charge in [-0.3, -0.25) is 14.2 Å². The highest BCUT2D eigenvalue weighted by atomic mass is 19.1. The maximum absolute atomic E-state index is 13.5. The summed E-state index contributed by atoms with van der Waals surface area (Å²) in [6.07, 6.45) is 7.56. The van der Waals surface area contributed by atoms with Gasteiger partial charge < -0.3 is 5.32 Å². The van der Waals surface area contributed by atoms with E-state index in [0.717, 1.165) is 61.2 Å². The molecular formula is C22H25FN2O. The molecule has 4 heteroatoms. The van der Waals surface area contributed by atoms with Gasteiger partial charge in [0.05, 0.1) is 12.4 Å². The van der Waals surface area contributed by atoms with Crippen molar-refractivity contribution in [1.29, 1.82) is 0 Å². The highest BCUT2D eigenvalue weighted by Gasteiger charge is 2.26. The van der Waals surface area contributed by atoms with E-state index >= 15 is 0 Å². The van der Waals surface area contributed by atoms with Gasteiger partial charge in [-0.2, -0.15) is 0 Å². The summed E-state index contributed by atoms with van der Waals surface area (Å²) in [5.41, 5.74) is 6.64. The highest BCUT2D eigenvalue weighted by Crippen LogP contribution is 2.36. The molecule has 0 aliphatic heterocycles. The lowest BCUT2D eigenvalue weighted by Gasteiger charge is -2.23. The molecule has 2 aliphatic carbocycles. The number of hydrogen-bond acceptors (Lipinski definition) is 2. The van der Waals surface area contributed by atoms with Crippen LogP contribution >= 0.6 is 0 Å². The van der Waals surface area contributed by atoms with E-state index in [2.05, 4.69) is 5.32 Å². The summed E-state index contributed by atoms with van der Waals surface area (Å²) >= 11 is 0. The summed E-state index contributed by atoms with van der Waals surface area (Å²) in [4.78, 5) is 17.6. The largest absolute Gasteiger partial charge is 0.325 e. The Morgan fingerprint density at radius 1 is 1.00 bits per heavy atom. The van der Waals surface area contributed by atoms with Crippen LogP contribution in [-0.4, -0.2) is 17.6 Å². The van der Waals surface area contributed by atoms with E-state index in [1.807, 2.05) is 30.3 Å². The van der Waals surface area contributed by atoms with Gasteiger partial charge in [-0.15, -0.1) is 0 Å². The number of aromatic nitrogens is 1. The predicted octanol–water partition coefficient (Wildman–Crippen LogP) is 4.53. The Morgan fingerprint density at radius 2 is 1.65 bits per heavy atom. The van der Waals surface area contributed by atoms with E-state index in [9.17, 15) is 9.18 Å². The average molecular weight is 352 g/mol. The summed E-state index contributed by atoms with van der Waals surface area (Å²) in [5, 5.41) is 3.16. The topological polar surface area (TPSA) is 42.0 Å². The van der Waals surface area contributed by atoms with Gasteiger partial charge in [-0.05, 0) is 61.6 Å². The lowest BCUT2D eigenvalue weighted by molar-refractivity contribution is -0.116. The Hall–Kier alpha value is -2.23. The van der Waals surface area contributed by atoms with Gasteiger partial charge in [0.15, 0.2) is 0 Å². The van der Waals surface area contributed by atoms with Crippen molar-refractivity contribution in [3.63, 3.8) is 0 Å². The van der Waals surface area contributed by atoms with Gasteiger partial charge in [-0.1, -0.05) is 30.3 Å². The first-order valence-electron chi connectivity index (χ1n) is 9.70. The number of hydrogen-bond donors (Lipinski definition) is 1. The number of rotatable bonds is 5. The zero-order valence-electron chi connectivity index (χ0n) is 15.1. The van der Waals surface area contributed by atoms with Gasteiger partial charge in [0.25, 0.3) is 0 Å². The number of benzene rings is 1. The van der Waals surface area contributed by atoms with Crippen molar-refractivity contribution >= 4 is 11.6 Å². The van der Waals surface area contributed by atoms with Crippen LogP contribution in [0.15, 0.2) is 30.3 Å². The number of alkyl halides is 1. The maximum atomic E-state index is 13.5. The third kappa shape index (κ3) is 3.37. The Morgan fingerprint density at radius 3 is 2.38 bits per heavy atom. The highest BCUT2D eigenvalue weighted by molar-refractivity contribution is 5.93. The van der Waals surface area contributed by atoms with Crippen LogP contribution < -0.4 is 5.32 Å². The lowest BCUT2D eigenvalue weighted by atomic mass is 9.91. The first-order valence-corrected chi connectivity index (χ1v) is 9.70. The number of halogens is 1. The maximum Gasteiger partial charge on any atom is 0.225 e. The minimum Gasteiger partial charge on any atom is -0.325 e. The SMILES string of the molecule is O=C(CC(CF)c1ccccc1)Nc1c2c(nc3c1CCC3)CCCC2. The summed E-state index contributed by atoms with van der Waals surface area (Å²) in [5.74, 6) is -0.480. The van der Waals surface area contributed by atoms with E-state index in [1.165, 1.54) is 17.5 Å². The summed E-state index contributed by atoms with van der Waals surface area (Å²) in [6, 6.07) is 9.47. The first kappa shape index (κ1) is 17.2. The van der Waals surface area contributed by atoms with Crippen molar-refractivity contribution in [2.45, 2.75) is 57.3 Å². The third-order valence-electron chi connectivity index (χ3n) is 5.65. The Kier molecular flexibility index (Phi) is 5.00. The number of amides is 1. The van der Waals surface area contributed by atoms with Crippen molar-refractivity contribution in [3.05, 3.63) is 58.4 Å². The molecular weight excluding hydrogens is 327 g/mol. The molecule has 1 aromatic carbocycles. The quantitative estimate of drug-likeness (QED) is 0.859. The molecule has 26 heavy (non-hydrogen) atoms. The number of fused-ring (bicyclic) bond motifs is 2. The fourth-order valence-electron chi connectivity index (χ4n) is 4.30.